The molecule has 1 saturated carbocycles. The van der Waals surface area contributed by atoms with Crippen molar-refractivity contribution in [3.8, 4) is 16.2 Å². The molecule has 0 saturated heterocycles. The van der Waals surface area contributed by atoms with Gasteiger partial charge in [0.25, 0.3) is 0 Å². The van der Waals surface area contributed by atoms with Gasteiger partial charge in [0.2, 0.25) is 5.91 Å². The van der Waals surface area contributed by atoms with Crippen LogP contribution in [0, 0.1) is 11.8 Å². The maximum absolute atomic E-state index is 12.4. The van der Waals surface area contributed by atoms with Crippen molar-refractivity contribution in [2.45, 2.75) is 25.8 Å². The second kappa shape index (κ2) is 9.22. The number of carbonyl (C=O) groups excluding carboxylic acids is 1. The number of amides is 1. The van der Waals surface area contributed by atoms with E-state index in [0.29, 0.717) is 19.0 Å². The number of nitrogens with one attached hydrogen (secondary N) is 1. The van der Waals surface area contributed by atoms with Crippen LogP contribution in [0.4, 0.5) is 0 Å². The lowest BCUT2D eigenvalue weighted by Crippen LogP contribution is -2.34. The molecule has 2 aromatic rings. The summed E-state index contributed by atoms with van der Waals surface area (Å²) in [6, 6.07) is 12.2. The summed E-state index contributed by atoms with van der Waals surface area (Å²) in [5.74, 6) is 1.45. The Labute approximate surface area is 159 Å². The Morgan fingerprint density at radius 2 is 2.00 bits per heavy atom. The highest BCUT2D eigenvalue weighted by atomic mass is 35.5. The lowest BCUT2D eigenvalue weighted by molar-refractivity contribution is -0.126. The Morgan fingerprint density at radius 1 is 1.24 bits per heavy atom. The molecule has 1 fully saturated rings. The van der Waals surface area contributed by atoms with Crippen LogP contribution in [0.5, 0.6) is 5.75 Å². The van der Waals surface area contributed by atoms with Gasteiger partial charge in [-0.2, -0.15) is 0 Å². The fourth-order valence-corrected chi connectivity index (χ4v) is 4.31. The van der Waals surface area contributed by atoms with Crippen molar-refractivity contribution in [3.05, 3.63) is 41.3 Å². The number of hydrogen-bond acceptors (Lipinski definition) is 4. The van der Waals surface area contributed by atoms with Gasteiger partial charge < -0.3 is 15.8 Å². The molecule has 1 aromatic heterocycles. The van der Waals surface area contributed by atoms with Crippen LogP contribution < -0.4 is 15.8 Å². The summed E-state index contributed by atoms with van der Waals surface area (Å²) >= 11 is 1.71. The molecule has 0 unspecified atom stereocenters. The maximum atomic E-state index is 12.4. The molecule has 0 radical (unpaired) electrons. The molecule has 25 heavy (non-hydrogen) atoms. The van der Waals surface area contributed by atoms with E-state index in [9.17, 15) is 4.79 Å². The molecular weight excluding hydrogens is 356 g/mol. The summed E-state index contributed by atoms with van der Waals surface area (Å²) < 4.78 is 5.19. The molecule has 1 amide bonds. The van der Waals surface area contributed by atoms with Gasteiger partial charge in [-0.05, 0) is 67.3 Å². The zero-order valence-corrected chi connectivity index (χ0v) is 16.0. The van der Waals surface area contributed by atoms with Crippen LogP contribution in [-0.2, 0) is 11.3 Å². The highest BCUT2D eigenvalue weighted by molar-refractivity contribution is 7.15. The first-order valence-corrected chi connectivity index (χ1v) is 9.24. The van der Waals surface area contributed by atoms with Crippen LogP contribution in [0.3, 0.4) is 0 Å². The molecule has 1 aromatic carbocycles. The van der Waals surface area contributed by atoms with Gasteiger partial charge in [-0.1, -0.05) is 6.42 Å². The first kappa shape index (κ1) is 19.8. The lowest BCUT2D eigenvalue weighted by atomic mass is 9.95. The van der Waals surface area contributed by atoms with E-state index >= 15 is 0 Å². The quantitative estimate of drug-likeness (QED) is 0.800. The number of halogens is 1. The zero-order chi connectivity index (χ0) is 16.9. The minimum Gasteiger partial charge on any atom is -0.497 e. The molecule has 0 spiro atoms. The summed E-state index contributed by atoms with van der Waals surface area (Å²) in [4.78, 5) is 14.7. The third-order valence-corrected chi connectivity index (χ3v) is 5.91. The summed E-state index contributed by atoms with van der Waals surface area (Å²) in [5, 5.41) is 3.08. The number of benzene rings is 1. The molecule has 3 rings (SSSR count). The molecular formula is C19H25ClN2O2S. The highest BCUT2D eigenvalue weighted by Gasteiger charge is 2.31. The number of methoxy groups -OCH3 is 1. The second-order valence-corrected chi connectivity index (χ2v) is 7.41. The van der Waals surface area contributed by atoms with E-state index in [0.717, 1.165) is 35.5 Å². The molecule has 0 bridgehead atoms. The minimum absolute atomic E-state index is 0. The van der Waals surface area contributed by atoms with Crippen LogP contribution >= 0.6 is 23.7 Å². The van der Waals surface area contributed by atoms with Crippen molar-refractivity contribution >= 4 is 29.7 Å². The Kier molecular flexibility index (Phi) is 7.29. The highest BCUT2D eigenvalue weighted by Crippen LogP contribution is 2.32. The average molecular weight is 381 g/mol. The predicted molar refractivity (Wildman–Crippen MR) is 105 cm³/mol. The van der Waals surface area contributed by atoms with Gasteiger partial charge in [-0.15, -0.1) is 23.7 Å². The summed E-state index contributed by atoms with van der Waals surface area (Å²) in [5.41, 5.74) is 6.94. The van der Waals surface area contributed by atoms with Gasteiger partial charge in [-0.3, -0.25) is 4.79 Å². The van der Waals surface area contributed by atoms with Crippen LogP contribution in [0.15, 0.2) is 36.4 Å². The van der Waals surface area contributed by atoms with Crippen molar-refractivity contribution in [1.82, 2.24) is 5.32 Å². The van der Waals surface area contributed by atoms with Crippen molar-refractivity contribution in [2.24, 2.45) is 17.6 Å². The normalized spacial score (nSPS) is 19.3. The van der Waals surface area contributed by atoms with Crippen molar-refractivity contribution in [1.29, 1.82) is 0 Å². The zero-order valence-electron chi connectivity index (χ0n) is 14.4. The van der Waals surface area contributed by atoms with Crippen molar-refractivity contribution < 1.29 is 9.53 Å². The smallest absolute Gasteiger partial charge is 0.223 e. The Bertz CT molecular complexity index is 687. The van der Waals surface area contributed by atoms with Gasteiger partial charge in [0.05, 0.1) is 13.7 Å². The number of nitrogens with two attached hydrogens (primary N) is 1. The summed E-state index contributed by atoms with van der Waals surface area (Å²) in [6.07, 6.45) is 3.16. The van der Waals surface area contributed by atoms with Gasteiger partial charge in [-0.25, -0.2) is 0 Å². The Morgan fingerprint density at radius 3 is 2.68 bits per heavy atom. The first-order chi connectivity index (χ1) is 11.7. The number of carbonyl (C=O) groups is 1. The minimum atomic E-state index is 0. The Hall–Kier alpha value is -1.56. The fraction of sp³-hybridized carbons (Fsp3) is 0.421. The predicted octanol–water partition coefficient (Wildman–Crippen LogP) is 3.84. The van der Waals surface area contributed by atoms with Crippen LogP contribution in [-0.4, -0.2) is 19.6 Å². The molecule has 2 atom stereocenters. The molecule has 1 heterocycles. The molecule has 136 valence electrons. The second-order valence-electron chi connectivity index (χ2n) is 6.25. The van der Waals surface area contributed by atoms with Crippen molar-refractivity contribution in [3.63, 3.8) is 0 Å². The average Bonchev–Trinajstić information content (AvgIpc) is 3.29. The number of ether oxygens (including phenoxy) is 1. The standard InChI is InChI=1S/C19H24N2O2S.ClH/c1-23-15-7-5-13(6-8-15)18-10-9-16(24-18)12-21-19(22)17-4-2-3-14(17)11-20;/h5-10,14,17H,2-4,11-12,20H2,1H3,(H,21,22);1H/t14-,17-;/m1./s1. The van der Waals surface area contributed by atoms with E-state index in [2.05, 4.69) is 29.6 Å². The molecule has 0 aliphatic heterocycles. The van der Waals surface area contributed by atoms with E-state index < -0.39 is 0 Å². The number of rotatable bonds is 6. The van der Waals surface area contributed by atoms with Gasteiger partial charge in [0.1, 0.15) is 5.75 Å². The third-order valence-electron chi connectivity index (χ3n) is 4.77. The molecule has 1 aliphatic rings. The lowest BCUT2D eigenvalue weighted by Gasteiger charge is -2.16. The molecule has 6 heteroatoms. The first-order valence-electron chi connectivity index (χ1n) is 8.42. The maximum Gasteiger partial charge on any atom is 0.223 e. The van der Waals surface area contributed by atoms with E-state index in [1.165, 1.54) is 4.88 Å². The molecule has 4 nitrogen and oxygen atoms in total. The van der Waals surface area contributed by atoms with Crippen LogP contribution in [0.25, 0.3) is 10.4 Å². The van der Waals surface area contributed by atoms with Gasteiger partial charge in [0.15, 0.2) is 0 Å². The summed E-state index contributed by atoms with van der Waals surface area (Å²) in [7, 11) is 1.67. The monoisotopic (exact) mass is 380 g/mol. The van der Waals surface area contributed by atoms with E-state index in [1.807, 2.05) is 12.1 Å². The van der Waals surface area contributed by atoms with E-state index in [4.69, 9.17) is 10.5 Å². The number of hydrogen-bond donors (Lipinski definition) is 2. The topological polar surface area (TPSA) is 64.3 Å². The largest absolute Gasteiger partial charge is 0.497 e. The van der Waals surface area contributed by atoms with E-state index in [1.54, 1.807) is 18.4 Å². The van der Waals surface area contributed by atoms with Gasteiger partial charge >= 0.3 is 0 Å². The molecule has 1 aliphatic carbocycles. The van der Waals surface area contributed by atoms with Crippen LogP contribution in [0.1, 0.15) is 24.1 Å². The van der Waals surface area contributed by atoms with Crippen LogP contribution in [0.2, 0.25) is 0 Å². The Balaban J connectivity index is 0.00000225. The van der Waals surface area contributed by atoms with E-state index in [-0.39, 0.29) is 24.2 Å². The number of thiophene rings is 1. The fourth-order valence-electron chi connectivity index (χ4n) is 3.35. The summed E-state index contributed by atoms with van der Waals surface area (Å²) in [6.45, 7) is 1.20. The molecule has 3 N–H and O–H groups in total. The SMILES string of the molecule is COc1ccc(-c2ccc(CNC(=O)[C@@H]3CCC[C@@H]3CN)s2)cc1.Cl. The van der Waals surface area contributed by atoms with Crippen molar-refractivity contribution in [2.75, 3.05) is 13.7 Å². The van der Waals surface area contributed by atoms with Gasteiger partial charge in [0, 0.05) is 15.7 Å². The third kappa shape index (κ3) is 4.75.